The summed E-state index contributed by atoms with van der Waals surface area (Å²) < 4.78 is 0. The molecule has 0 radical (unpaired) electrons. The molecule has 1 aliphatic carbocycles. The summed E-state index contributed by atoms with van der Waals surface area (Å²) in [7, 11) is 0. The van der Waals surface area contributed by atoms with Crippen LogP contribution in [-0.2, 0) is 0 Å². The number of rotatable bonds is 2. The van der Waals surface area contributed by atoms with Crippen LogP contribution in [0.4, 0.5) is 0 Å². The van der Waals surface area contributed by atoms with Gasteiger partial charge in [0.25, 0.3) is 0 Å². The predicted octanol–water partition coefficient (Wildman–Crippen LogP) is 2.30. The van der Waals surface area contributed by atoms with Crippen molar-refractivity contribution in [2.45, 2.75) is 20.3 Å². The largest absolute Gasteiger partial charge is 0.508 e. The number of nitrogens with two attached hydrogens (primary N) is 1. The fraction of sp³-hybridized carbons (Fsp3) is 0.455. The molecule has 0 heterocycles. The Bertz CT molecular complexity index is 272. The lowest BCUT2D eigenvalue weighted by molar-refractivity contribution is 0.419. The second-order valence-electron chi connectivity index (χ2n) is 3.98. The molecule has 0 aromatic heterocycles. The average Bonchev–Trinajstić information content (AvgIpc) is 2.09. The predicted molar refractivity (Wildman–Crippen MR) is 55.4 cm³/mol. The molecular formula is C11H17NO. The standard InChI is InChI=1S/C11H17NO/c1-11(2)7-9(5-6-12)3-4-10(13)8-11/h3-4,7-8,13H,5-6,12H2,1-2H3. The van der Waals surface area contributed by atoms with E-state index in [9.17, 15) is 5.11 Å². The molecule has 1 aliphatic rings. The lowest BCUT2D eigenvalue weighted by Crippen LogP contribution is -2.06. The highest BCUT2D eigenvalue weighted by Crippen LogP contribution is 2.26. The van der Waals surface area contributed by atoms with E-state index in [4.69, 9.17) is 5.73 Å². The Kier molecular flexibility index (Phi) is 2.94. The molecule has 0 atom stereocenters. The van der Waals surface area contributed by atoms with E-state index in [-0.39, 0.29) is 5.41 Å². The number of aliphatic hydroxyl groups excluding tert-OH is 1. The van der Waals surface area contributed by atoms with Crippen LogP contribution in [0.1, 0.15) is 20.3 Å². The number of aliphatic hydroxyl groups is 1. The van der Waals surface area contributed by atoms with Gasteiger partial charge in [-0.3, -0.25) is 0 Å². The minimum Gasteiger partial charge on any atom is -0.508 e. The molecule has 0 aliphatic heterocycles. The summed E-state index contributed by atoms with van der Waals surface area (Å²) in [6, 6.07) is 0. The molecule has 13 heavy (non-hydrogen) atoms. The Labute approximate surface area is 79.4 Å². The molecule has 72 valence electrons. The van der Waals surface area contributed by atoms with Crippen LogP contribution >= 0.6 is 0 Å². The van der Waals surface area contributed by atoms with Gasteiger partial charge in [0.1, 0.15) is 5.76 Å². The van der Waals surface area contributed by atoms with E-state index in [0.29, 0.717) is 12.3 Å². The van der Waals surface area contributed by atoms with Crippen molar-refractivity contribution >= 4 is 0 Å². The molecule has 2 heteroatoms. The number of allylic oxidation sites excluding steroid dienone is 4. The monoisotopic (exact) mass is 179 g/mol. The highest BCUT2D eigenvalue weighted by atomic mass is 16.3. The normalized spacial score (nSPS) is 20.5. The summed E-state index contributed by atoms with van der Waals surface area (Å²) in [6.07, 6.45) is 8.48. The summed E-state index contributed by atoms with van der Waals surface area (Å²) in [5, 5.41) is 9.42. The zero-order chi connectivity index (χ0) is 9.90. The molecule has 0 saturated heterocycles. The first-order chi connectivity index (χ1) is 6.03. The smallest absolute Gasteiger partial charge is 0.112 e. The van der Waals surface area contributed by atoms with Crippen molar-refractivity contribution in [1.29, 1.82) is 0 Å². The van der Waals surface area contributed by atoms with E-state index in [1.165, 1.54) is 5.57 Å². The molecule has 0 fully saturated rings. The highest BCUT2D eigenvalue weighted by Gasteiger charge is 2.14. The SMILES string of the molecule is CC1(C)C=C(O)C=CC(CCN)=C1. The van der Waals surface area contributed by atoms with Crippen LogP contribution in [0.5, 0.6) is 0 Å². The van der Waals surface area contributed by atoms with Gasteiger partial charge in [-0.1, -0.05) is 26.0 Å². The molecule has 3 N–H and O–H groups in total. The first-order valence-electron chi connectivity index (χ1n) is 4.55. The first-order valence-corrected chi connectivity index (χ1v) is 4.55. The fourth-order valence-electron chi connectivity index (χ4n) is 1.51. The summed E-state index contributed by atoms with van der Waals surface area (Å²) in [4.78, 5) is 0. The van der Waals surface area contributed by atoms with Gasteiger partial charge in [0.05, 0.1) is 0 Å². The Hall–Kier alpha value is -1.02. The second-order valence-corrected chi connectivity index (χ2v) is 3.98. The average molecular weight is 179 g/mol. The summed E-state index contributed by atoms with van der Waals surface area (Å²) in [6.45, 7) is 4.77. The topological polar surface area (TPSA) is 46.2 Å². The molecule has 0 saturated carbocycles. The van der Waals surface area contributed by atoms with Crippen molar-refractivity contribution in [2.75, 3.05) is 6.54 Å². The van der Waals surface area contributed by atoms with Gasteiger partial charge in [0.2, 0.25) is 0 Å². The Morgan fingerprint density at radius 2 is 2.00 bits per heavy atom. The van der Waals surface area contributed by atoms with Crippen LogP contribution in [0.25, 0.3) is 0 Å². The summed E-state index contributed by atoms with van der Waals surface area (Å²) in [5.41, 5.74) is 6.58. The Morgan fingerprint density at radius 3 is 2.62 bits per heavy atom. The van der Waals surface area contributed by atoms with Crippen LogP contribution < -0.4 is 5.73 Å². The quantitative estimate of drug-likeness (QED) is 0.683. The third kappa shape index (κ3) is 3.07. The first kappa shape index (κ1) is 10.1. The molecular weight excluding hydrogens is 162 g/mol. The van der Waals surface area contributed by atoms with Crippen LogP contribution in [-0.4, -0.2) is 11.7 Å². The molecule has 0 aromatic carbocycles. The Balaban J connectivity index is 2.90. The zero-order valence-corrected chi connectivity index (χ0v) is 8.25. The van der Waals surface area contributed by atoms with E-state index in [0.717, 1.165) is 6.42 Å². The maximum atomic E-state index is 9.42. The van der Waals surface area contributed by atoms with Gasteiger partial charge in [0.15, 0.2) is 0 Å². The van der Waals surface area contributed by atoms with Gasteiger partial charge in [-0.05, 0) is 30.7 Å². The maximum Gasteiger partial charge on any atom is 0.112 e. The van der Waals surface area contributed by atoms with Gasteiger partial charge >= 0.3 is 0 Å². The van der Waals surface area contributed by atoms with E-state index < -0.39 is 0 Å². The minimum absolute atomic E-state index is 0.0852. The highest BCUT2D eigenvalue weighted by molar-refractivity contribution is 5.33. The van der Waals surface area contributed by atoms with Gasteiger partial charge in [-0.2, -0.15) is 0 Å². The molecule has 1 rings (SSSR count). The lowest BCUT2D eigenvalue weighted by Gasteiger charge is -2.15. The second kappa shape index (κ2) is 3.79. The van der Waals surface area contributed by atoms with Crippen molar-refractivity contribution in [2.24, 2.45) is 11.1 Å². The van der Waals surface area contributed by atoms with Gasteiger partial charge in [0, 0.05) is 5.41 Å². The maximum absolute atomic E-state index is 9.42. The van der Waals surface area contributed by atoms with E-state index in [1.807, 2.05) is 12.2 Å². The van der Waals surface area contributed by atoms with Crippen molar-refractivity contribution < 1.29 is 5.11 Å². The molecule has 0 aromatic rings. The minimum atomic E-state index is -0.0852. The van der Waals surface area contributed by atoms with Crippen LogP contribution in [0.3, 0.4) is 0 Å². The van der Waals surface area contributed by atoms with Gasteiger partial charge < -0.3 is 10.8 Å². The molecule has 0 bridgehead atoms. The van der Waals surface area contributed by atoms with E-state index in [1.54, 1.807) is 6.08 Å². The lowest BCUT2D eigenvalue weighted by atomic mass is 9.90. The third-order valence-electron chi connectivity index (χ3n) is 1.98. The van der Waals surface area contributed by atoms with Crippen LogP contribution in [0.15, 0.2) is 35.6 Å². The summed E-state index contributed by atoms with van der Waals surface area (Å²) >= 11 is 0. The zero-order valence-electron chi connectivity index (χ0n) is 8.25. The van der Waals surface area contributed by atoms with Crippen molar-refractivity contribution in [3.8, 4) is 0 Å². The third-order valence-corrected chi connectivity index (χ3v) is 1.98. The van der Waals surface area contributed by atoms with Gasteiger partial charge in [-0.25, -0.2) is 0 Å². The molecule has 0 spiro atoms. The molecule has 0 unspecified atom stereocenters. The summed E-state index contributed by atoms with van der Waals surface area (Å²) in [5.74, 6) is 0.327. The molecule has 0 amide bonds. The van der Waals surface area contributed by atoms with Gasteiger partial charge in [-0.15, -0.1) is 0 Å². The van der Waals surface area contributed by atoms with E-state index >= 15 is 0 Å². The van der Waals surface area contributed by atoms with Crippen molar-refractivity contribution in [1.82, 2.24) is 0 Å². The van der Waals surface area contributed by atoms with Crippen LogP contribution in [0, 0.1) is 5.41 Å². The fourth-order valence-corrected chi connectivity index (χ4v) is 1.51. The van der Waals surface area contributed by atoms with Crippen LogP contribution in [0.2, 0.25) is 0 Å². The van der Waals surface area contributed by atoms with Crippen molar-refractivity contribution in [3.63, 3.8) is 0 Å². The Morgan fingerprint density at radius 1 is 1.31 bits per heavy atom. The number of hydrogen-bond donors (Lipinski definition) is 2. The van der Waals surface area contributed by atoms with E-state index in [2.05, 4.69) is 19.9 Å². The number of hydrogen-bond acceptors (Lipinski definition) is 2. The molecule has 2 nitrogen and oxygen atoms in total. The van der Waals surface area contributed by atoms with Crippen molar-refractivity contribution in [3.05, 3.63) is 35.6 Å².